The monoisotopic (exact) mass is 286 g/mol. The molecule has 0 aliphatic carbocycles. The summed E-state index contributed by atoms with van der Waals surface area (Å²) in [5, 5.41) is 14.0. The van der Waals surface area contributed by atoms with E-state index in [2.05, 4.69) is 22.9 Å². The number of nitro groups is 1. The van der Waals surface area contributed by atoms with Crippen LogP contribution < -0.4 is 16.6 Å². The average molecular weight is 286 g/mol. The number of nitrogens with zero attached hydrogens (tertiary/aromatic N) is 1. The van der Waals surface area contributed by atoms with E-state index in [1.54, 1.807) is 6.07 Å². The molecule has 0 fully saturated rings. The van der Waals surface area contributed by atoms with Crippen molar-refractivity contribution in [2.24, 2.45) is 5.84 Å². The summed E-state index contributed by atoms with van der Waals surface area (Å²) >= 11 is 0. The van der Waals surface area contributed by atoms with Gasteiger partial charge >= 0.3 is 0 Å². The number of nitrogen functional groups attached to an aromatic ring is 1. The van der Waals surface area contributed by atoms with Gasteiger partial charge in [-0.3, -0.25) is 16.0 Å². The zero-order valence-corrected chi connectivity index (χ0v) is 11.6. The summed E-state index contributed by atoms with van der Waals surface area (Å²) in [5.41, 5.74) is 4.92. The first kappa shape index (κ1) is 14.8. The zero-order valence-electron chi connectivity index (χ0n) is 11.6. The van der Waals surface area contributed by atoms with Gasteiger partial charge < -0.3 is 10.7 Å². The van der Waals surface area contributed by atoms with Crippen molar-refractivity contribution in [2.75, 3.05) is 17.3 Å². The van der Waals surface area contributed by atoms with E-state index in [0.29, 0.717) is 11.4 Å². The first-order valence-corrected chi connectivity index (χ1v) is 6.73. The third-order valence-electron chi connectivity index (χ3n) is 3.11. The fourth-order valence-corrected chi connectivity index (χ4v) is 2.07. The van der Waals surface area contributed by atoms with Gasteiger partial charge in [-0.15, -0.1) is 0 Å². The van der Waals surface area contributed by atoms with Gasteiger partial charge in [0.2, 0.25) is 0 Å². The van der Waals surface area contributed by atoms with Gasteiger partial charge in [0.25, 0.3) is 5.69 Å². The van der Waals surface area contributed by atoms with Crippen LogP contribution in [0.15, 0.2) is 48.5 Å². The quantitative estimate of drug-likeness (QED) is 0.315. The molecule has 0 saturated heterocycles. The minimum absolute atomic E-state index is 0.0102. The molecule has 2 rings (SSSR count). The molecule has 0 radical (unpaired) electrons. The maximum Gasteiger partial charge on any atom is 0.273 e. The normalized spacial score (nSPS) is 10.1. The van der Waals surface area contributed by atoms with Crippen molar-refractivity contribution in [3.05, 3.63) is 64.2 Å². The third-order valence-corrected chi connectivity index (χ3v) is 3.11. The van der Waals surface area contributed by atoms with Crippen LogP contribution >= 0.6 is 0 Å². The molecule has 0 bridgehead atoms. The Labute approximate surface area is 123 Å². The standard InChI is InChI=1S/C15H18N4O2/c16-18-14-9-13(10-15(11-14)19(20)21)17-8-4-7-12-5-2-1-3-6-12/h1-3,5-6,9-11,17-18H,4,7-8,16H2. The molecule has 0 amide bonds. The second-order valence-electron chi connectivity index (χ2n) is 4.69. The second kappa shape index (κ2) is 7.25. The van der Waals surface area contributed by atoms with Crippen LogP contribution in [0.5, 0.6) is 0 Å². The van der Waals surface area contributed by atoms with Gasteiger partial charge in [-0.05, 0) is 24.5 Å². The number of aryl methyl sites for hydroxylation is 1. The van der Waals surface area contributed by atoms with Crippen LogP contribution in [0, 0.1) is 10.1 Å². The third kappa shape index (κ3) is 4.47. The summed E-state index contributed by atoms with van der Waals surface area (Å²) in [5.74, 6) is 5.32. The lowest BCUT2D eigenvalue weighted by Crippen LogP contribution is -2.09. The molecule has 0 atom stereocenters. The summed E-state index contributed by atoms with van der Waals surface area (Å²) < 4.78 is 0. The predicted molar refractivity (Wildman–Crippen MR) is 84.2 cm³/mol. The number of benzene rings is 2. The van der Waals surface area contributed by atoms with Gasteiger partial charge in [-0.1, -0.05) is 30.3 Å². The number of nitro benzene ring substituents is 1. The molecule has 2 aromatic carbocycles. The van der Waals surface area contributed by atoms with E-state index in [9.17, 15) is 10.1 Å². The highest BCUT2D eigenvalue weighted by Crippen LogP contribution is 2.23. The van der Waals surface area contributed by atoms with Crippen molar-refractivity contribution in [1.29, 1.82) is 0 Å². The molecule has 4 N–H and O–H groups in total. The Kier molecular flexibility index (Phi) is 5.11. The molecule has 2 aromatic rings. The number of nitrogens with one attached hydrogen (secondary N) is 2. The molecule has 0 spiro atoms. The highest BCUT2D eigenvalue weighted by molar-refractivity contribution is 5.63. The summed E-state index contributed by atoms with van der Waals surface area (Å²) in [6, 6.07) is 14.8. The molecule has 0 unspecified atom stereocenters. The summed E-state index contributed by atoms with van der Waals surface area (Å²) in [7, 11) is 0. The molecule has 0 aromatic heterocycles. The molecule has 0 aliphatic heterocycles. The van der Waals surface area contributed by atoms with Crippen LogP contribution in [0.25, 0.3) is 0 Å². The van der Waals surface area contributed by atoms with Crippen LogP contribution in [0.4, 0.5) is 17.1 Å². The Bertz CT molecular complexity index is 602. The fraction of sp³-hybridized carbons (Fsp3) is 0.200. The molecular formula is C15H18N4O2. The summed E-state index contributed by atoms with van der Waals surface area (Å²) in [6.45, 7) is 0.736. The van der Waals surface area contributed by atoms with Gasteiger partial charge in [0, 0.05) is 24.4 Å². The van der Waals surface area contributed by atoms with E-state index in [1.807, 2.05) is 18.2 Å². The Morgan fingerprint density at radius 3 is 2.48 bits per heavy atom. The molecule has 6 nitrogen and oxygen atoms in total. The molecule has 0 saturated carbocycles. The van der Waals surface area contributed by atoms with Crippen LogP contribution in [0.1, 0.15) is 12.0 Å². The first-order chi connectivity index (χ1) is 10.2. The molecular weight excluding hydrogens is 268 g/mol. The fourth-order valence-electron chi connectivity index (χ4n) is 2.07. The Hall–Kier alpha value is -2.60. The number of hydrogen-bond donors (Lipinski definition) is 3. The molecule has 0 heterocycles. The Morgan fingerprint density at radius 1 is 1.10 bits per heavy atom. The zero-order chi connectivity index (χ0) is 15.1. The number of non-ortho nitro benzene ring substituents is 1. The van der Waals surface area contributed by atoms with E-state index in [4.69, 9.17) is 5.84 Å². The minimum Gasteiger partial charge on any atom is -0.385 e. The van der Waals surface area contributed by atoms with Gasteiger partial charge in [0.1, 0.15) is 0 Å². The number of rotatable bonds is 7. The smallest absolute Gasteiger partial charge is 0.273 e. The maximum atomic E-state index is 10.8. The number of hydrogen-bond acceptors (Lipinski definition) is 5. The topological polar surface area (TPSA) is 93.2 Å². The summed E-state index contributed by atoms with van der Waals surface area (Å²) in [6.07, 6.45) is 1.91. The SMILES string of the molecule is NNc1cc(NCCCc2ccccc2)cc([N+](=O)[O-])c1. The largest absolute Gasteiger partial charge is 0.385 e. The molecule has 21 heavy (non-hydrogen) atoms. The first-order valence-electron chi connectivity index (χ1n) is 6.73. The van der Waals surface area contributed by atoms with E-state index in [0.717, 1.165) is 19.4 Å². The van der Waals surface area contributed by atoms with Crippen LogP contribution in [0.3, 0.4) is 0 Å². The van der Waals surface area contributed by atoms with Gasteiger partial charge in [0.05, 0.1) is 10.6 Å². The number of anilines is 2. The van der Waals surface area contributed by atoms with E-state index in [1.165, 1.54) is 17.7 Å². The number of nitrogens with two attached hydrogens (primary N) is 1. The molecule has 0 aliphatic rings. The average Bonchev–Trinajstić information content (AvgIpc) is 2.52. The molecule has 110 valence electrons. The van der Waals surface area contributed by atoms with Crippen LogP contribution in [-0.2, 0) is 6.42 Å². The van der Waals surface area contributed by atoms with Gasteiger partial charge in [0.15, 0.2) is 0 Å². The Balaban J connectivity index is 1.90. The van der Waals surface area contributed by atoms with Crippen LogP contribution in [0.2, 0.25) is 0 Å². The summed E-state index contributed by atoms with van der Waals surface area (Å²) in [4.78, 5) is 10.4. The van der Waals surface area contributed by atoms with E-state index in [-0.39, 0.29) is 5.69 Å². The highest BCUT2D eigenvalue weighted by Gasteiger charge is 2.09. The minimum atomic E-state index is -0.435. The van der Waals surface area contributed by atoms with Crippen molar-refractivity contribution in [3.8, 4) is 0 Å². The molecule has 6 heteroatoms. The van der Waals surface area contributed by atoms with Crippen molar-refractivity contribution in [1.82, 2.24) is 0 Å². The van der Waals surface area contributed by atoms with E-state index < -0.39 is 4.92 Å². The second-order valence-corrected chi connectivity index (χ2v) is 4.69. The van der Waals surface area contributed by atoms with Crippen molar-refractivity contribution >= 4 is 17.1 Å². The lowest BCUT2D eigenvalue weighted by molar-refractivity contribution is -0.384. The predicted octanol–water partition coefficient (Wildman–Crippen LogP) is 2.93. The van der Waals surface area contributed by atoms with Crippen LogP contribution in [-0.4, -0.2) is 11.5 Å². The van der Waals surface area contributed by atoms with E-state index >= 15 is 0 Å². The van der Waals surface area contributed by atoms with Crippen molar-refractivity contribution in [2.45, 2.75) is 12.8 Å². The van der Waals surface area contributed by atoms with Gasteiger partial charge in [-0.25, -0.2) is 0 Å². The van der Waals surface area contributed by atoms with Gasteiger partial charge in [-0.2, -0.15) is 0 Å². The maximum absolute atomic E-state index is 10.8. The lowest BCUT2D eigenvalue weighted by atomic mass is 10.1. The lowest BCUT2D eigenvalue weighted by Gasteiger charge is -2.08. The highest BCUT2D eigenvalue weighted by atomic mass is 16.6. The van der Waals surface area contributed by atoms with Crippen molar-refractivity contribution in [3.63, 3.8) is 0 Å². The Morgan fingerprint density at radius 2 is 1.81 bits per heavy atom. The number of hydrazine groups is 1. The van der Waals surface area contributed by atoms with Crippen molar-refractivity contribution < 1.29 is 4.92 Å².